The van der Waals surface area contributed by atoms with E-state index in [0.717, 1.165) is 33.9 Å². The Morgan fingerprint density at radius 2 is 1.89 bits per heavy atom. The molecule has 2 aromatic rings. The van der Waals surface area contributed by atoms with Crippen molar-refractivity contribution in [2.24, 2.45) is 0 Å². The fourth-order valence-corrected chi connectivity index (χ4v) is 5.07. The van der Waals surface area contributed by atoms with Gasteiger partial charge in [-0.2, -0.15) is 0 Å². The minimum absolute atomic E-state index is 0. The zero-order valence-corrected chi connectivity index (χ0v) is 17.9. The third kappa shape index (κ3) is 3.99. The molecule has 1 N–H and O–H groups in total. The van der Waals surface area contributed by atoms with Crippen LogP contribution in [0.5, 0.6) is 0 Å². The maximum absolute atomic E-state index is 4.78. The molecule has 146 valence electrons. The first-order chi connectivity index (χ1) is 12.7. The van der Waals surface area contributed by atoms with Crippen LogP contribution in [-0.2, 0) is 0 Å². The van der Waals surface area contributed by atoms with Crippen molar-refractivity contribution < 1.29 is 1.43 Å². The second-order valence-electron chi connectivity index (χ2n) is 8.54. The maximum atomic E-state index is 4.78. The number of aromatic nitrogens is 2. The van der Waals surface area contributed by atoms with Crippen molar-refractivity contribution in [2.75, 3.05) is 12.4 Å². The van der Waals surface area contributed by atoms with Gasteiger partial charge in [-0.1, -0.05) is 25.3 Å². The molecular formula is C22H32N4S. The van der Waals surface area contributed by atoms with E-state index in [4.69, 9.17) is 4.98 Å². The molecule has 3 rings (SSSR count). The van der Waals surface area contributed by atoms with Crippen LogP contribution in [0.2, 0.25) is 0 Å². The van der Waals surface area contributed by atoms with Gasteiger partial charge in [-0.05, 0) is 65.3 Å². The first-order valence-corrected chi connectivity index (χ1v) is 10.2. The largest absolute Gasteiger partial charge is 0.351 e. The van der Waals surface area contributed by atoms with Crippen LogP contribution in [0.4, 0.5) is 5.95 Å². The van der Waals surface area contributed by atoms with Gasteiger partial charge in [-0.3, -0.25) is 4.90 Å². The van der Waals surface area contributed by atoms with Crippen LogP contribution in [0.15, 0.2) is 31.5 Å². The number of nitrogens with zero attached hydrogens (tertiary/aromatic N) is 3. The van der Waals surface area contributed by atoms with Crippen molar-refractivity contribution in [3.63, 3.8) is 0 Å². The predicted octanol–water partition coefficient (Wildman–Crippen LogP) is 5.80. The molecule has 0 aromatic carbocycles. The monoisotopic (exact) mass is 384 g/mol. The smallest absolute Gasteiger partial charge is 0.223 e. The zero-order valence-electron chi connectivity index (χ0n) is 17.0. The van der Waals surface area contributed by atoms with E-state index in [-0.39, 0.29) is 12.5 Å². The number of piperidine rings is 1. The van der Waals surface area contributed by atoms with E-state index in [2.05, 4.69) is 69.2 Å². The first-order valence-electron chi connectivity index (χ1n) is 9.39. The summed E-state index contributed by atoms with van der Waals surface area (Å²) in [4.78, 5) is 14.0. The summed E-state index contributed by atoms with van der Waals surface area (Å²) in [6, 6.07) is 4.42. The van der Waals surface area contributed by atoms with Gasteiger partial charge < -0.3 is 5.32 Å². The van der Waals surface area contributed by atoms with E-state index in [1.165, 1.54) is 0 Å². The topological polar surface area (TPSA) is 41.1 Å². The summed E-state index contributed by atoms with van der Waals surface area (Å²) in [5.74, 6) is 0.697. The third-order valence-corrected chi connectivity index (χ3v) is 6.91. The van der Waals surface area contributed by atoms with Gasteiger partial charge in [0.05, 0.1) is 10.6 Å². The van der Waals surface area contributed by atoms with Crippen LogP contribution in [0, 0.1) is 0 Å². The van der Waals surface area contributed by atoms with E-state index in [0.29, 0.717) is 12.0 Å². The number of hydrogen-bond donors (Lipinski definition) is 1. The van der Waals surface area contributed by atoms with Crippen molar-refractivity contribution in [2.45, 2.75) is 57.7 Å². The molecule has 0 unspecified atom stereocenters. The Labute approximate surface area is 168 Å². The van der Waals surface area contributed by atoms with Crippen molar-refractivity contribution in [3.8, 4) is 10.6 Å². The number of thiophene rings is 1. The maximum Gasteiger partial charge on any atom is 0.223 e. The van der Waals surface area contributed by atoms with Gasteiger partial charge in [-0.15, -0.1) is 11.3 Å². The second kappa shape index (κ2) is 7.21. The minimum Gasteiger partial charge on any atom is -0.351 e. The fraction of sp³-hybridized carbons (Fsp3) is 0.455. The highest BCUT2D eigenvalue weighted by Crippen LogP contribution is 2.38. The molecule has 2 aromatic heterocycles. The highest BCUT2D eigenvalue weighted by Gasteiger charge is 2.43. The number of anilines is 1. The summed E-state index contributed by atoms with van der Waals surface area (Å²) in [6.45, 7) is 17.0. The number of rotatable bonds is 5. The lowest BCUT2D eigenvalue weighted by molar-refractivity contribution is -0.00778. The van der Waals surface area contributed by atoms with Gasteiger partial charge in [0.1, 0.15) is 0 Å². The van der Waals surface area contributed by atoms with Gasteiger partial charge in [0.15, 0.2) is 0 Å². The summed E-state index contributed by atoms with van der Waals surface area (Å²) >= 11 is 1.68. The van der Waals surface area contributed by atoms with E-state index >= 15 is 0 Å². The summed E-state index contributed by atoms with van der Waals surface area (Å²) in [5.41, 5.74) is 2.28. The van der Waals surface area contributed by atoms with Gasteiger partial charge in [0.25, 0.3) is 0 Å². The highest BCUT2D eigenvalue weighted by molar-refractivity contribution is 7.16. The van der Waals surface area contributed by atoms with Crippen LogP contribution >= 0.6 is 11.3 Å². The Bertz CT molecular complexity index is 812. The molecule has 27 heavy (non-hydrogen) atoms. The first kappa shape index (κ1) is 19.8. The van der Waals surface area contributed by atoms with Gasteiger partial charge in [-0.25, -0.2) is 9.97 Å². The van der Waals surface area contributed by atoms with E-state index in [9.17, 15) is 0 Å². The molecule has 5 heteroatoms. The van der Waals surface area contributed by atoms with Gasteiger partial charge >= 0.3 is 0 Å². The fourth-order valence-electron chi connectivity index (χ4n) is 4.09. The Hall–Kier alpha value is -1.98. The standard InChI is InChI=1S/C22H30N4S.H2/c1-8-15-12-19(27-18(15)9-2)17-10-11-23-20(25-17)24-16-13-21(3,4)26(7)22(5,6)14-16;/h8-12,16H,1-2,13-14H2,3-7H3,(H,23,24,25);1H. The van der Waals surface area contributed by atoms with Crippen LogP contribution < -0.4 is 5.32 Å². The third-order valence-electron chi connectivity index (χ3n) is 5.75. The lowest BCUT2D eigenvalue weighted by atomic mass is 9.77. The number of nitrogens with one attached hydrogen (secondary N) is 1. The molecular weight excluding hydrogens is 352 g/mol. The average molecular weight is 385 g/mol. The molecule has 3 heterocycles. The molecule has 0 bridgehead atoms. The summed E-state index contributed by atoms with van der Waals surface area (Å²) in [6.07, 6.45) is 7.67. The Morgan fingerprint density at radius 1 is 1.22 bits per heavy atom. The predicted molar refractivity (Wildman–Crippen MR) is 120 cm³/mol. The van der Waals surface area contributed by atoms with E-state index < -0.39 is 0 Å². The van der Waals surface area contributed by atoms with Crippen LogP contribution in [-0.4, -0.2) is 39.0 Å². The van der Waals surface area contributed by atoms with Gasteiger partial charge in [0.2, 0.25) is 5.95 Å². The summed E-state index contributed by atoms with van der Waals surface area (Å²) in [7, 11) is 2.22. The molecule has 1 aliphatic heterocycles. The summed E-state index contributed by atoms with van der Waals surface area (Å²) < 4.78 is 0. The second-order valence-corrected chi connectivity index (χ2v) is 9.62. The lowest BCUT2D eigenvalue weighted by Crippen LogP contribution is -2.61. The molecule has 1 saturated heterocycles. The molecule has 1 fully saturated rings. The molecule has 0 atom stereocenters. The van der Waals surface area contributed by atoms with Gasteiger partial charge in [0, 0.05) is 29.6 Å². The van der Waals surface area contributed by atoms with E-state index in [1.54, 1.807) is 11.3 Å². The highest BCUT2D eigenvalue weighted by atomic mass is 32.1. The molecule has 0 spiro atoms. The zero-order chi connectivity index (χ0) is 19.8. The molecule has 0 radical (unpaired) electrons. The Morgan fingerprint density at radius 3 is 2.44 bits per heavy atom. The Balaban J connectivity index is 0.00000280. The van der Waals surface area contributed by atoms with Crippen molar-refractivity contribution in [1.82, 2.24) is 14.9 Å². The summed E-state index contributed by atoms with van der Waals surface area (Å²) in [5, 5.41) is 3.59. The van der Waals surface area contributed by atoms with Crippen molar-refractivity contribution in [1.29, 1.82) is 0 Å². The molecule has 0 aliphatic carbocycles. The molecule has 0 amide bonds. The quantitative estimate of drug-likeness (QED) is 0.707. The molecule has 1 aliphatic rings. The minimum atomic E-state index is 0. The SMILES string of the molecule is C=Cc1cc(-c2ccnc(NC3CC(C)(C)N(C)C(C)(C)C3)n2)sc1C=C.[HH]. The average Bonchev–Trinajstić information content (AvgIpc) is 3.03. The lowest BCUT2D eigenvalue weighted by Gasteiger charge is -2.53. The molecule has 0 saturated carbocycles. The number of hydrogen-bond acceptors (Lipinski definition) is 5. The van der Waals surface area contributed by atoms with Crippen LogP contribution in [0.3, 0.4) is 0 Å². The Kier molecular flexibility index (Phi) is 5.28. The van der Waals surface area contributed by atoms with Crippen LogP contribution in [0.1, 0.15) is 52.4 Å². The van der Waals surface area contributed by atoms with E-state index in [1.807, 2.05) is 24.4 Å². The normalized spacial score (nSPS) is 19.6. The van der Waals surface area contributed by atoms with Crippen molar-refractivity contribution in [3.05, 3.63) is 41.9 Å². The van der Waals surface area contributed by atoms with Crippen molar-refractivity contribution >= 4 is 29.4 Å². The molecule has 4 nitrogen and oxygen atoms in total. The van der Waals surface area contributed by atoms with Crippen LogP contribution in [0.25, 0.3) is 22.7 Å². The number of likely N-dealkylation sites (tertiary alicyclic amines) is 1.